The van der Waals surface area contributed by atoms with Crippen LogP contribution < -0.4 is 5.73 Å². The molecule has 1 saturated carbocycles. The molecule has 110 valence electrons. The first-order chi connectivity index (χ1) is 9.72. The predicted octanol–water partition coefficient (Wildman–Crippen LogP) is 2.35. The number of nitrogen functional groups attached to an aromatic ring is 1. The summed E-state index contributed by atoms with van der Waals surface area (Å²) in [4.78, 5) is 14.8. The molecule has 3 rings (SSSR count). The lowest BCUT2D eigenvalue weighted by atomic mass is 9.78. The summed E-state index contributed by atoms with van der Waals surface area (Å²) in [6, 6.07) is 0.408. The smallest absolute Gasteiger partial charge is 0.276 e. The van der Waals surface area contributed by atoms with Gasteiger partial charge in [-0.3, -0.25) is 9.89 Å². The first-order valence-corrected chi connectivity index (χ1v) is 7.86. The Balaban J connectivity index is 1.83. The van der Waals surface area contributed by atoms with Gasteiger partial charge in [-0.25, -0.2) is 0 Å². The van der Waals surface area contributed by atoms with Gasteiger partial charge in [0.15, 0.2) is 5.69 Å². The van der Waals surface area contributed by atoms with Gasteiger partial charge in [0.25, 0.3) is 5.91 Å². The van der Waals surface area contributed by atoms with Gasteiger partial charge in [0.05, 0.1) is 11.4 Å². The number of anilines is 1. The van der Waals surface area contributed by atoms with Crippen LogP contribution in [-0.2, 0) is 6.42 Å². The van der Waals surface area contributed by atoms with E-state index in [9.17, 15) is 4.79 Å². The molecule has 2 unspecified atom stereocenters. The van der Waals surface area contributed by atoms with Crippen molar-refractivity contribution >= 4 is 11.6 Å². The molecule has 0 aromatic carbocycles. The Labute approximate surface area is 119 Å². The Morgan fingerprint density at radius 1 is 1.35 bits per heavy atom. The van der Waals surface area contributed by atoms with Gasteiger partial charge < -0.3 is 10.6 Å². The molecule has 2 fully saturated rings. The fraction of sp³-hybridized carbons (Fsp3) is 0.733. The van der Waals surface area contributed by atoms with Crippen molar-refractivity contribution in [1.82, 2.24) is 15.1 Å². The number of carbonyl (C=O) groups excluding carboxylic acids is 1. The largest absolute Gasteiger partial charge is 0.395 e. The van der Waals surface area contributed by atoms with E-state index in [1.165, 1.54) is 25.7 Å². The normalized spacial score (nSPS) is 26.4. The summed E-state index contributed by atoms with van der Waals surface area (Å²) in [5.74, 6) is 0.710. The molecule has 2 heterocycles. The Hall–Kier alpha value is -1.52. The molecule has 0 radical (unpaired) electrons. The van der Waals surface area contributed by atoms with E-state index in [2.05, 4.69) is 10.2 Å². The molecule has 0 spiro atoms. The molecule has 1 aliphatic heterocycles. The number of likely N-dealkylation sites (tertiary alicyclic amines) is 1. The number of piperidine rings is 1. The van der Waals surface area contributed by atoms with Crippen molar-refractivity contribution in [2.45, 2.75) is 57.9 Å². The maximum absolute atomic E-state index is 12.8. The summed E-state index contributed by atoms with van der Waals surface area (Å²) in [5.41, 5.74) is 7.88. The Morgan fingerprint density at radius 3 is 2.85 bits per heavy atom. The van der Waals surface area contributed by atoms with Gasteiger partial charge in [0.2, 0.25) is 0 Å². The van der Waals surface area contributed by atoms with Gasteiger partial charge in [-0.1, -0.05) is 19.8 Å². The summed E-state index contributed by atoms with van der Waals surface area (Å²) in [6.07, 6.45) is 8.11. The minimum atomic E-state index is 0.0232. The molecule has 1 aliphatic carbocycles. The maximum atomic E-state index is 12.8. The summed E-state index contributed by atoms with van der Waals surface area (Å²) in [5, 5.41) is 7.05. The number of hydrogen-bond donors (Lipinski definition) is 2. The van der Waals surface area contributed by atoms with E-state index in [-0.39, 0.29) is 5.91 Å². The van der Waals surface area contributed by atoms with Crippen LogP contribution in [-0.4, -0.2) is 33.6 Å². The fourth-order valence-corrected chi connectivity index (χ4v) is 3.83. The van der Waals surface area contributed by atoms with Crippen LogP contribution in [0.15, 0.2) is 0 Å². The molecule has 5 heteroatoms. The van der Waals surface area contributed by atoms with Crippen molar-refractivity contribution in [3.8, 4) is 0 Å². The topological polar surface area (TPSA) is 75.0 Å². The number of carbonyl (C=O) groups is 1. The van der Waals surface area contributed by atoms with Crippen LogP contribution in [0.1, 0.15) is 61.6 Å². The van der Waals surface area contributed by atoms with E-state index in [1.54, 1.807) is 0 Å². The minimum absolute atomic E-state index is 0.0232. The average Bonchev–Trinajstić information content (AvgIpc) is 2.87. The number of nitrogens with one attached hydrogen (secondary N) is 1. The molecule has 2 aliphatic rings. The number of aromatic amines is 1. The van der Waals surface area contributed by atoms with E-state index < -0.39 is 0 Å². The third-order valence-corrected chi connectivity index (χ3v) is 4.94. The molecular formula is C15H24N4O. The second kappa shape index (κ2) is 5.46. The third kappa shape index (κ3) is 2.19. The summed E-state index contributed by atoms with van der Waals surface area (Å²) >= 11 is 0. The van der Waals surface area contributed by atoms with Crippen molar-refractivity contribution in [3.63, 3.8) is 0 Å². The van der Waals surface area contributed by atoms with Crippen molar-refractivity contribution < 1.29 is 4.79 Å². The van der Waals surface area contributed by atoms with Gasteiger partial charge in [-0.05, 0) is 38.0 Å². The SMILES string of the molecule is CCc1[nH]nc(C(=O)N2CCCC3CCCCC32)c1N. The molecule has 1 aromatic rings. The standard InChI is InChI=1S/C15H24N4O/c1-2-11-13(16)14(18-17-11)15(20)19-9-5-7-10-6-3-4-8-12(10)19/h10,12H,2-9,16H2,1H3,(H,17,18). The Bertz CT molecular complexity index is 494. The lowest BCUT2D eigenvalue weighted by molar-refractivity contribution is 0.0386. The molecule has 2 atom stereocenters. The van der Waals surface area contributed by atoms with E-state index >= 15 is 0 Å². The van der Waals surface area contributed by atoms with E-state index in [1.807, 2.05) is 11.8 Å². The molecule has 1 aromatic heterocycles. The number of aromatic nitrogens is 2. The Kier molecular flexibility index (Phi) is 3.68. The second-order valence-electron chi connectivity index (χ2n) is 6.07. The number of rotatable bonds is 2. The average molecular weight is 276 g/mol. The van der Waals surface area contributed by atoms with Crippen molar-refractivity contribution in [2.75, 3.05) is 12.3 Å². The van der Waals surface area contributed by atoms with Crippen LogP contribution >= 0.6 is 0 Å². The molecule has 3 N–H and O–H groups in total. The lowest BCUT2D eigenvalue weighted by Gasteiger charge is -2.43. The van der Waals surface area contributed by atoms with Crippen molar-refractivity contribution in [3.05, 3.63) is 11.4 Å². The second-order valence-corrected chi connectivity index (χ2v) is 6.07. The molecule has 1 saturated heterocycles. The fourth-order valence-electron chi connectivity index (χ4n) is 3.83. The quantitative estimate of drug-likeness (QED) is 0.870. The zero-order valence-electron chi connectivity index (χ0n) is 12.2. The number of H-pyrrole nitrogens is 1. The highest BCUT2D eigenvalue weighted by Crippen LogP contribution is 2.36. The number of fused-ring (bicyclic) bond motifs is 1. The van der Waals surface area contributed by atoms with Crippen LogP contribution in [0.4, 0.5) is 5.69 Å². The van der Waals surface area contributed by atoms with E-state index in [0.29, 0.717) is 23.3 Å². The summed E-state index contributed by atoms with van der Waals surface area (Å²) < 4.78 is 0. The lowest BCUT2D eigenvalue weighted by Crippen LogP contribution is -2.49. The number of nitrogens with two attached hydrogens (primary N) is 1. The predicted molar refractivity (Wildman–Crippen MR) is 78.4 cm³/mol. The van der Waals surface area contributed by atoms with E-state index in [0.717, 1.165) is 31.5 Å². The van der Waals surface area contributed by atoms with Crippen LogP contribution in [0, 0.1) is 5.92 Å². The highest BCUT2D eigenvalue weighted by Gasteiger charge is 2.37. The van der Waals surface area contributed by atoms with Crippen LogP contribution in [0.3, 0.4) is 0 Å². The van der Waals surface area contributed by atoms with Gasteiger partial charge in [-0.15, -0.1) is 0 Å². The summed E-state index contributed by atoms with van der Waals surface area (Å²) in [6.45, 7) is 2.87. The van der Waals surface area contributed by atoms with E-state index in [4.69, 9.17) is 5.73 Å². The third-order valence-electron chi connectivity index (χ3n) is 4.94. The maximum Gasteiger partial charge on any atom is 0.276 e. The van der Waals surface area contributed by atoms with Crippen molar-refractivity contribution in [2.24, 2.45) is 5.92 Å². The highest BCUT2D eigenvalue weighted by molar-refractivity contribution is 5.97. The first-order valence-electron chi connectivity index (χ1n) is 7.86. The number of aryl methyl sites for hydroxylation is 1. The Morgan fingerprint density at radius 2 is 2.10 bits per heavy atom. The van der Waals surface area contributed by atoms with Gasteiger partial charge in [-0.2, -0.15) is 5.10 Å². The number of amides is 1. The number of hydrogen-bond acceptors (Lipinski definition) is 3. The summed E-state index contributed by atoms with van der Waals surface area (Å²) in [7, 11) is 0. The van der Waals surface area contributed by atoms with Gasteiger partial charge in [0.1, 0.15) is 0 Å². The number of nitrogens with zero attached hydrogens (tertiary/aromatic N) is 2. The molecule has 20 heavy (non-hydrogen) atoms. The minimum Gasteiger partial charge on any atom is -0.395 e. The van der Waals surface area contributed by atoms with Crippen LogP contribution in [0.25, 0.3) is 0 Å². The molecule has 1 amide bonds. The van der Waals surface area contributed by atoms with Crippen LogP contribution in [0.5, 0.6) is 0 Å². The zero-order chi connectivity index (χ0) is 14.1. The zero-order valence-corrected chi connectivity index (χ0v) is 12.2. The molecular weight excluding hydrogens is 252 g/mol. The van der Waals surface area contributed by atoms with Crippen molar-refractivity contribution in [1.29, 1.82) is 0 Å². The van der Waals surface area contributed by atoms with Gasteiger partial charge in [0, 0.05) is 12.6 Å². The highest BCUT2D eigenvalue weighted by atomic mass is 16.2. The molecule has 5 nitrogen and oxygen atoms in total. The monoisotopic (exact) mass is 276 g/mol. The van der Waals surface area contributed by atoms with Gasteiger partial charge >= 0.3 is 0 Å². The van der Waals surface area contributed by atoms with Crippen LogP contribution in [0.2, 0.25) is 0 Å². The first kappa shape index (κ1) is 13.5. The molecule has 0 bridgehead atoms.